The first-order chi connectivity index (χ1) is 14.1. The molecule has 0 spiro atoms. The van der Waals surface area contributed by atoms with E-state index in [1.54, 1.807) is 12.3 Å². The number of anilines is 1. The molecule has 2 aliphatic heterocycles. The molecule has 29 heavy (non-hydrogen) atoms. The summed E-state index contributed by atoms with van der Waals surface area (Å²) in [6.07, 6.45) is 4.84. The highest BCUT2D eigenvalue weighted by Crippen LogP contribution is 2.34. The first-order valence-electron chi connectivity index (χ1n) is 9.85. The predicted octanol–water partition coefficient (Wildman–Crippen LogP) is 3.78. The highest BCUT2D eigenvalue weighted by atomic mass is 35.5. The van der Waals surface area contributed by atoms with Gasteiger partial charge in [-0.15, -0.1) is 10.2 Å². The normalized spacial score (nSPS) is 17.7. The topological polar surface area (TPSA) is 50.1 Å². The summed E-state index contributed by atoms with van der Waals surface area (Å²) in [7, 11) is 2.08. The van der Waals surface area contributed by atoms with Crippen LogP contribution in [0.25, 0.3) is 5.69 Å². The van der Waals surface area contributed by atoms with Gasteiger partial charge in [0.1, 0.15) is 11.6 Å². The van der Waals surface area contributed by atoms with E-state index in [9.17, 15) is 4.39 Å². The van der Waals surface area contributed by atoms with Crippen LogP contribution < -0.4 is 4.90 Å². The quantitative estimate of drug-likeness (QED) is 0.641. The molecule has 1 saturated heterocycles. The van der Waals surface area contributed by atoms with Crippen LogP contribution >= 0.6 is 11.6 Å². The minimum atomic E-state index is -0.299. The van der Waals surface area contributed by atoms with Crippen LogP contribution in [0.4, 0.5) is 10.1 Å². The molecule has 0 radical (unpaired) electrons. The first kappa shape index (κ1) is 18.5. The standard InChI is InChI=1S/C21H22ClFN6/c1-27-12-15-8-16(22)2-3-19(15)29-20(13-27)25-26-21(29)14-4-6-28(7-5-14)18-9-17(23)10-24-11-18/h2-3,8-11,14H,4-7,12-13H2,1H3. The van der Waals surface area contributed by atoms with Crippen molar-refractivity contribution in [1.82, 2.24) is 24.6 Å². The van der Waals surface area contributed by atoms with Crippen molar-refractivity contribution in [3.05, 3.63) is 64.7 Å². The lowest BCUT2D eigenvalue weighted by Crippen LogP contribution is -2.33. The summed E-state index contributed by atoms with van der Waals surface area (Å²) in [5, 5.41) is 9.85. The zero-order valence-electron chi connectivity index (χ0n) is 16.2. The first-order valence-corrected chi connectivity index (χ1v) is 10.2. The molecule has 0 aliphatic carbocycles. The summed E-state index contributed by atoms with van der Waals surface area (Å²) in [4.78, 5) is 8.39. The minimum Gasteiger partial charge on any atom is -0.370 e. The molecule has 0 saturated carbocycles. The molecule has 1 aromatic carbocycles. The lowest BCUT2D eigenvalue weighted by Gasteiger charge is -2.33. The molecular weight excluding hydrogens is 391 g/mol. The molecule has 2 aliphatic rings. The Bertz CT molecular complexity index is 1040. The highest BCUT2D eigenvalue weighted by molar-refractivity contribution is 6.30. The van der Waals surface area contributed by atoms with E-state index in [1.807, 2.05) is 12.1 Å². The predicted molar refractivity (Wildman–Crippen MR) is 110 cm³/mol. The Morgan fingerprint density at radius 1 is 1.07 bits per heavy atom. The van der Waals surface area contributed by atoms with Gasteiger partial charge < -0.3 is 4.90 Å². The zero-order chi connectivity index (χ0) is 20.0. The fraction of sp³-hybridized carbons (Fsp3) is 0.381. The second kappa shape index (κ2) is 7.39. The van der Waals surface area contributed by atoms with Gasteiger partial charge in [-0.05, 0) is 43.7 Å². The van der Waals surface area contributed by atoms with Crippen LogP contribution in [-0.2, 0) is 13.1 Å². The molecule has 6 nitrogen and oxygen atoms in total. The van der Waals surface area contributed by atoms with Crippen LogP contribution in [0.5, 0.6) is 0 Å². The Kier molecular flexibility index (Phi) is 4.72. The van der Waals surface area contributed by atoms with Crippen LogP contribution in [0.3, 0.4) is 0 Å². The third kappa shape index (κ3) is 3.49. The average molecular weight is 413 g/mol. The Hall–Kier alpha value is -2.51. The van der Waals surface area contributed by atoms with Gasteiger partial charge in [-0.1, -0.05) is 11.6 Å². The van der Waals surface area contributed by atoms with Gasteiger partial charge in [0.25, 0.3) is 0 Å². The van der Waals surface area contributed by atoms with Gasteiger partial charge in [-0.2, -0.15) is 0 Å². The SMILES string of the molecule is CN1Cc2cc(Cl)ccc2-n2c(nnc2C2CCN(c3cncc(F)c3)CC2)C1. The number of rotatable bonds is 2. The monoisotopic (exact) mass is 412 g/mol. The van der Waals surface area contributed by atoms with Gasteiger partial charge in [0, 0.05) is 36.6 Å². The lowest BCUT2D eigenvalue weighted by atomic mass is 9.95. The lowest BCUT2D eigenvalue weighted by molar-refractivity contribution is 0.315. The maximum atomic E-state index is 13.5. The number of hydrogen-bond donors (Lipinski definition) is 0. The minimum absolute atomic E-state index is 0.299. The zero-order valence-corrected chi connectivity index (χ0v) is 17.0. The molecule has 5 rings (SSSR count). The number of halogens is 2. The summed E-state index contributed by atoms with van der Waals surface area (Å²) < 4.78 is 15.7. The number of piperidine rings is 1. The third-order valence-electron chi connectivity index (χ3n) is 5.80. The third-order valence-corrected chi connectivity index (χ3v) is 6.04. The van der Waals surface area contributed by atoms with E-state index in [0.29, 0.717) is 5.92 Å². The molecule has 0 atom stereocenters. The van der Waals surface area contributed by atoms with Crippen molar-refractivity contribution < 1.29 is 4.39 Å². The van der Waals surface area contributed by atoms with E-state index in [4.69, 9.17) is 11.6 Å². The maximum Gasteiger partial charge on any atom is 0.151 e. The van der Waals surface area contributed by atoms with E-state index in [-0.39, 0.29) is 5.82 Å². The van der Waals surface area contributed by atoms with Gasteiger partial charge in [0.05, 0.1) is 30.3 Å². The Balaban J connectivity index is 1.44. The largest absolute Gasteiger partial charge is 0.370 e. The molecule has 3 aromatic rings. The van der Waals surface area contributed by atoms with Crippen molar-refractivity contribution >= 4 is 17.3 Å². The van der Waals surface area contributed by atoms with Gasteiger partial charge in [-0.3, -0.25) is 14.5 Å². The van der Waals surface area contributed by atoms with E-state index >= 15 is 0 Å². The van der Waals surface area contributed by atoms with Crippen LogP contribution in [-0.4, -0.2) is 44.8 Å². The smallest absolute Gasteiger partial charge is 0.151 e. The summed E-state index contributed by atoms with van der Waals surface area (Å²) in [5.41, 5.74) is 3.14. The maximum absolute atomic E-state index is 13.5. The van der Waals surface area contributed by atoms with Gasteiger partial charge in [-0.25, -0.2) is 4.39 Å². The molecule has 2 aromatic heterocycles. The number of aromatic nitrogens is 4. The van der Waals surface area contributed by atoms with E-state index < -0.39 is 0 Å². The van der Waals surface area contributed by atoms with Crippen molar-refractivity contribution in [2.24, 2.45) is 0 Å². The fourth-order valence-corrected chi connectivity index (χ4v) is 4.61. The van der Waals surface area contributed by atoms with Crippen molar-refractivity contribution in [2.75, 3.05) is 25.0 Å². The Morgan fingerprint density at radius 2 is 1.90 bits per heavy atom. The van der Waals surface area contributed by atoms with Gasteiger partial charge in [0.15, 0.2) is 5.82 Å². The van der Waals surface area contributed by atoms with Gasteiger partial charge >= 0.3 is 0 Å². The molecule has 0 bridgehead atoms. The van der Waals surface area contributed by atoms with Crippen molar-refractivity contribution in [3.8, 4) is 5.69 Å². The number of pyridine rings is 1. The molecule has 150 valence electrons. The van der Waals surface area contributed by atoms with Crippen LogP contribution in [0.1, 0.15) is 36.0 Å². The summed E-state index contributed by atoms with van der Waals surface area (Å²) >= 11 is 6.26. The molecular formula is C21H22ClFN6. The number of nitrogens with zero attached hydrogens (tertiary/aromatic N) is 6. The van der Waals surface area contributed by atoms with Crippen molar-refractivity contribution in [3.63, 3.8) is 0 Å². The summed E-state index contributed by atoms with van der Waals surface area (Å²) in [5.74, 6) is 1.98. The molecule has 8 heteroatoms. The molecule has 0 N–H and O–H groups in total. The second-order valence-corrected chi connectivity index (χ2v) is 8.31. The number of fused-ring (bicyclic) bond motifs is 3. The molecule has 1 fully saturated rings. The van der Waals surface area contributed by atoms with Crippen molar-refractivity contribution in [1.29, 1.82) is 0 Å². The van der Waals surface area contributed by atoms with Crippen LogP contribution in [0, 0.1) is 5.82 Å². The van der Waals surface area contributed by atoms with Crippen LogP contribution in [0.2, 0.25) is 5.02 Å². The Labute approximate surface area is 173 Å². The molecule has 4 heterocycles. The number of benzene rings is 1. The molecule has 0 amide bonds. The number of hydrogen-bond acceptors (Lipinski definition) is 5. The summed E-state index contributed by atoms with van der Waals surface area (Å²) in [6, 6.07) is 7.58. The average Bonchev–Trinajstić information content (AvgIpc) is 3.05. The fourth-order valence-electron chi connectivity index (χ4n) is 4.42. The summed E-state index contributed by atoms with van der Waals surface area (Å²) in [6.45, 7) is 3.24. The second-order valence-electron chi connectivity index (χ2n) is 7.88. The molecule has 0 unspecified atom stereocenters. The van der Waals surface area contributed by atoms with E-state index in [1.165, 1.54) is 11.8 Å². The highest BCUT2D eigenvalue weighted by Gasteiger charge is 2.29. The van der Waals surface area contributed by atoms with Crippen molar-refractivity contribution in [2.45, 2.75) is 31.8 Å². The van der Waals surface area contributed by atoms with Gasteiger partial charge in [0.2, 0.25) is 0 Å². The van der Waals surface area contributed by atoms with Crippen LogP contribution in [0.15, 0.2) is 36.7 Å². The Morgan fingerprint density at radius 3 is 2.69 bits per heavy atom. The van der Waals surface area contributed by atoms with E-state index in [2.05, 4.69) is 42.7 Å². The van der Waals surface area contributed by atoms with E-state index in [0.717, 1.165) is 67.1 Å².